The summed E-state index contributed by atoms with van der Waals surface area (Å²) in [7, 11) is 0. The first kappa shape index (κ1) is 13.1. The summed E-state index contributed by atoms with van der Waals surface area (Å²) in [5, 5.41) is 14.3. The molecule has 98 valence electrons. The van der Waals surface area contributed by atoms with Gasteiger partial charge in [0.1, 0.15) is 0 Å². The molecule has 1 aromatic heterocycles. The van der Waals surface area contributed by atoms with Crippen LogP contribution in [0.5, 0.6) is 0 Å². The van der Waals surface area contributed by atoms with E-state index < -0.39 is 0 Å². The summed E-state index contributed by atoms with van der Waals surface area (Å²) >= 11 is 0. The second-order valence-electron chi connectivity index (χ2n) is 5.31. The molecule has 0 radical (unpaired) electrons. The topological polar surface area (TPSA) is 48.0 Å². The molecule has 0 aliphatic rings. The maximum atomic E-state index is 9.77. The highest BCUT2D eigenvalue weighted by atomic mass is 16.3. The maximum Gasteiger partial charge on any atom is 0.0667 e. The van der Waals surface area contributed by atoms with Crippen LogP contribution in [-0.4, -0.2) is 22.7 Å². The molecule has 3 nitrogen and oxygen atoms in total. The Morgan fingerprint density at radius 3 is 2.89 bits per heavy atom. The number of rotatable bonds is 6. The Morgan fingerprint density at radius 1 is 1.28 bits per heavy atom. The Morgan fingerprint density at radius 2 is 2.11 bits per heavy atom. The zero-order chi connectivity index (χ0) is 13.0. The molecule has 1 aromatic carbocycles. The molecule has 0 saturated carbocycles. The Balaban J connectivity index is 1.82. The third-order valence-electron chi connectivity index (χ3n) is 3.07. The molecule has 3 heteroatoms. The number of benzene rings is 1. The molecule has 0 aliphatic heterocycles. The van der Waals surface area contributed by atoms with Gasteiger partial charge < -0.3 is 15.4 Å². The highest BCUT2D eigenvalue weighted by molar-refractivity contribution is 5.79. The van der Waals surface area contributed by atoms with Crippen molar-refractivity contribution in [1.82, 2.24) is 10.3 Å². The van der Waals surface area contributed by atoms with E-state index in [9.17, 15) is 5.11 Å². The van der Waals surface area contributed by atoms with E-state index in [0.717, 1.165) is 18.5 Å². The van der Waals surface area contributed by atoms with E-state index in [1.807, 2.05) is 6.20 Å². The normalized spacial score (nSPS) is 13.3. The second kappa shape index (κ2) is 6.03. The lowest BCUT2D eigenvalue weighted by molar-refractivity contribution is 0.146. The van der Waals surface area contributed by atoms with Gasteiger partial charge in [-0.15, -0.1) is 0 Å². The number of hydrogen-bond acceptors (Lipinski definition) is 2. The lowest BCUT2D eigenvalue weighted by Crippen LogP contribution is -2.27. The minimum absolute atomic E-state index is 0.251. The summed E-state index contributed by atoms with van der Waals surface area (Å²) in [6.45, 7) is 5.70. The first-order valence-electron chi connectivity index (χ1n) is 6.60. The molecule has 0 amide bonds. The number of fused-ring (bicyclic) bond motifs is 1. The maximum absolute atomic E-state index is 9.77. The van der Waals surface area contributed by atoms with Crippen LogP contribution in [0.1, 0.15) is 25.8 Å². The molecule has 2 rings (SSSR count). The van der Waals surface area contributed by atoms with E-state index in [-0.39, 0.29) is 6.10 Å². The fraction of sp³-hybridized carbons (Fsp3) is 0.467. The van der Waals surface area contributed by atoms with Gasteiger partial charge in [0.25, 0.3) is 0 Å². The van der Waals surface area contributed by atoms with Crippen LogP contribution >= 0.6 is 0 Å². The van der Waals surface area contributed by atoms with Crippen molar-refractivity contribution in [2.45, 2.75) is 32.9 Å². The van der Waals surface area contributed by atoms with Crippen LogP contribution in [0, 0.1) is 5.92 Å². The number of aromatic nitrogens is 1. The summed E-state index contributed by atoms with van der Waals surface area (Å²) in [5.41, 5.74) is 2.40. The monoisotopic (exact) mass is 246 g/mol. The number of aromatic amines is 1. The van der Waals surface area contributed by atoms with E-state index in [1.54, 1.807) is 0 Å². The fourth-order valence-corrected chi connectivity index (χ4v) is 2.22. The Bertz CT molecular complexity index is 490. The van der Waals surface area contributed by atoms with Gasteiger partial charge in [0, 0.05) is 24.8 Å². The first-order valence-corrected chi connectivity index (χ1v) is 6.60. The van der Waals surface area contributed by atoms with Crippen LogP contribution in [0.2, 0.25) is 0 Å². The van der Waals surface area contributed by atoms with Gasteiger partial charge >= 0.3 is 0 Å². The zero-order valence-corrected chi connectivity index (χ0v) is 11.1. The van der Waals surface area contributed by atoms with Crippen molar-refractivity contribution in [1.29, 1.82) is 0 Å². The zero-order valence-electron chi connectivity index (χ0n) is 11.1. The van der Waals surface area contributed by atoms with Crippen molar-refractivity contribution < 1.29 is 5.11 Å². The van der Waals surface area contributed by atoms with E-state index >= 15 is 0 Å². The van der Waals surface area contributed by atoms with Gasteiger partial charge in [-0.3, -0.25) is 0 Å². The number of H-pyrrole nitrogens is 1. The average Bonchev–Trinajstić information content (AvgIpc) is 2.75. The van der Waals surface area contributed by atoms with Crippen molar-refractivity contribution in [3.63, 3.8) is 0 Å². The standard InChI is InChI=1S/C15H22N2O/c1-11(2)7-14(18)10-16-9-12-3-4-13-5-6-17-15(13)8-12/h3-6,8,11,14,16-18H,7,9-10H2,1-2H3. The summed E-state index contributed by atoms with van der Waals surface area (Å²) in [6, 6.07) is 8.46. The number of aliphatic hydroxyl groups is 1. The van der Waals surface area contributed by atoms with Gasteiger partial charge in [-0.25, -0.2) is 0 Å². The van der Waals surface area contributed by atoms with Crippen LogP contribution in [-0.2, 0) is 6.54 Å². The predicted molar refractivity (Wildman–Crippen MR) is 75.5 cm³/mol. The van der Waals surface area contributed by atoms with Crippen molar-refractivity contribution in [2.24, 2.45) is 5.92 Å². The van der Waals surface area contributed by atoms with E-state index in [0.29, 0.717) is 12.5 Å². The Hall–Kier alpha value is -1.32. The smallest absolute Gasteiger partial charge is 0.0667 e. The second-order valence-corrected chi connectivity index (χ2v) is 5.31. The highest BCUT2D eigenvalue weighted by Gasteiger charge is 2.06. The third kappa shape index (κ3) is 3.59. The molecule has 1 unspecified atom stereocenters. The molecule has 18 heavy (non-hydrogen) atoms. The van der Waals surface area contributed by atoms with Gasteiger partial charge in [-0.2, -0.15) is 0 Å². The van der Waals surface area contributed by atoms with Crippen molar-refractivity contribution >= 4 is 10.9 Å². The predicted octanol–water partition coefficient (Wildman–Crippen LogP) is 2.66. The average molecular weight is 246 g/mol. The molecule has 1 heterocycles. The molecule has 0 fully saturated rings. The quantitative estimate of drug-likeness (QED) is 0.734. The molecule has 0 saturated heterocycles. The molecule has 2 aromatic rings. The minimum Gasteiger partial charge on any atom is -0.392 e. The molecule has 0 bridgehead atoms. The molecule has 0 spiro atoms. The van der Waals surface area contributed by atoms with Crippen LogP contribution in [0.25, 0.3) is 10.9 Å². The van der Waals surface area contributed by atoms with Crippen LogP contribution < -0.4 is 5.32 Å². The van der Waals surface area contributed by atoms with E-state index in [1.165, 1.54) is 10.9 Å². The first-order chi connectivity index (χ1) is 8.65. The number of nitrogens with one attached hydrogen (secondary N) is 2. The fourth-order valence-electron chi connectivity index (χ4n) is 2.22. The lowest BCUT2D eigenvalue weighted by Gasteiger charge is -2.13. The van der Waals surface area contributed by atoms with Crippen molar-refractivity contribution in [2.75, 3.05) is 6.54 Å². The number of hydrogen-bond donors (Lipinski definition) is 3. The molecule has 3 N–H and O–H groups in total. The van der Waals surface area contributed by atoms with Gasteiger partial charge in [-0.1, -0.05) is 26.0 Å². The lowest BCUT2D eigenvalue weighted by atomic mass is 10.1. The summed E-state index contributed by atoms with van der Waals surface area (Å²) in [5.74, 6) is 0.539. The molecule has 1 atom stereocenters. The van der Waals surface area contributed by atoms with Gasteiger partial charge in [0.05, 0.1) is 6.10 Å². The summed E-state index contributed by atoms with van der Waals surface area (Å²) in [6.07, 6.45) is 2.55. The SMILES string of the molecule is CC(C)CC(O)CNCc1ccc2cc[nH]c2c1. The third-order valence-corrected chi connectivity index (χ3v) is 3.07. The van der Waals surface area contributed by atoms with Crippen LogP contribution in [0.15, 0.2) is 30.5 Å². The van der Waals surface area contributed by atoms with Crippen molar-refractivity contribution in [3.05, 3.63) is 36.0 Å². The largest absolute Gasteiger partial charge is 0.392 e. The van der Waals surface area contributed by atoms with E-state index in [2.05, 4.69) is 48.4 Å². The van der Waals surface area contributed by atoms with Crippen molar-refractivity contribution in [3.8, 4) is 0 Å². The number of aliphatic hydroxyl groups excluding tert-OH is 1. The highest BCUT2D eigenvalue weighted by Crippen LogP contribution is 2.14. The Kier molecular flexibility index (Phi) is 4.39. The van der Waals surface area contributed by atoms with Gasteiger partial charge in [-0.05, 0) is 35.4 Å². The summed E-state index contributed by atoms with van der Waals surface area (Å²) in [4.78, 5) is 3.21. The minimum atomic E-state index is -0.251. The van der Waals surface area contributed by atoms with Crippen LogP contribution in [0.4, 0.5) is 0 Å². The molecular weight excluding hydrogens is 224 g/mol. The Labute approximate surface area is 108 Å². The molecule has 0 aliphatic carbocycles. The van der Waals surface area contributed by atoms with Crippen LogP contribution in [0.3, 0.4) is 0 Å². The van der Waals surface area contributed by atoms with Gasteiger partial charge in [0.15, 0.2) is 0 Å². The molecular formula is C15H22N2O. The van der Waals surface area contributed by atoms with Gasteiger partial charge in [0.2, 0.25) is 0 Å². The summed E-state index contributed by atoms with van der Waals surface area (Å²) < 4.78 is 0. The van der Waals surface area contributed by atoms with E-state index in [4.69, 9.17) is 0 Å².